The van der Waals surface area contributed by atoms with E-state index in [9.17, 15) is 4.79 Å². The van der Waals surface area contributed by atoms with Crippen LogP contribution in [0.15, 0.2) is 12.1 Å². The molecule has 2 aliphatic rings. The number of methoxy groups -OCH3 is 1. The number of nitrogens with one attached hydrogen (secondary N) is 1. The summed E-state index contributed by atoms with van der Waals surface area (Å²) < 4.78 is 18.3. The van der Waals surface area contributed by atoms with Gasteiger partial charge in [-0.05, 0) is 18.6 Å². The minimum absolute atomic E-state index is 0.00750. The zero-order valence-corrected chi connectivity index (χ0v) is 16.8. The monoisotopic (exact) mass is 404 g/mol. The first kappa shape index (κ1) is 20.0. The predicted molar refractivity (Wildman–Crippen MR) is 105 cm³/mol. The second-order valence-electron chi connectivity index (χ2n) is 7.37. The second kappa shape index (κ2) is 9.02. The summed E-state index contributed by atoms with van der Waals surface area (Å²) in [6, 6.07) is 3.88. The first-order valence-corrected chi connectivity index (χ1v) is 10.2. The number of anilines is 1. The van der Waals surface area contributed by atoms with Crippen molar-refractivity contribution < 1.29 is 19.0 Å². The second-order valence-corrected chi connectivity index (χ2v) is 7.37. The summed E-state index contributed by atoms with van der Waals surface area (Å²) in [4.78, 5) is 14.2. The van der Waals surface area contributed by atoms with Gasteiger partial charge in [0.2, 0.25) is 5.91 Å². The van der Waals surface area contributed by atoms with E-state index in [1.807, 2.05) is 12.1 Å². The van der Waals surface area contributed by atoms with E-state index in [0.717, 1.165) is 38.2 Å². The number of nitrogens with zero attached hydrogens (tertiary/aromatic N) is 5. The van der Waals surface area contributed by atoms with E-state index in [4.69, 9.17) is 19.3 Å². The van der Waals surface area contributed by atoms with E-state index < -0.39 is 5.79 Å². The van der Waals surface area contributed by atoms with Gasteiger partial charge in [-0.2, -0.15) is 4.52 Å². The third-order valence-corrected chi connectivity index (χ3v) is 5.40. The highest BCUT2D eigenvalue weighted by Gasteiger charge is 2.40. The van der Waals surface area contributed by atoms with Gasteiger partial charge < -0.3 is 24.4 Å². The maximum absolute atomic E-state index is 12.0. The van der Waals surface area contributed by atoms with E-state index in [1.54, 1.807) is 11.6 Å². The molecule has 0 aromatic carbocycles. The van der Waals surface area contributed by atoms with E-state index in [-0.39, 0.29) is 5.91 Å². The Labute approximate surface area is 169 Å². The average Bonchev–Trinajstić information content (AvgIpc) is 3.37. The molecule has 0 saturated carbocycles. The highest BCUT2D eigenvalue weighted by molar-refractivity contribution is 5.76. The van der Waals surface area contributed by atoms with Gasteiger partial charge in [-0.25, -0.2) is 0 Å². The van der Waals surface area contributed by atoms with Crippen molar-refractivity contribution in [3.05, 3.63) is 18.0 Å². The Hall–Kier alpha value is -2.30. The van der Waals surface area contributed by atoms with Crippen LogP contribution in [0.3, 0.4) is 0 Å². The predicted octanol–water partition coefficient (Wildman–Crippen LogP) is 0.553. The molecule has 29 heavy (non-hydrogen) atoms. The minimum Gasteiger partial charge on any atom is -0.385 e. The van der Waals surface area contributed by atoms with Crippen molar-refractivity contribution in [3.8, 4) is 0 Å². The third-order valence-electron chi connectivity index (χ3n) is 5.40. The van der Waals surface area contributed by atoms with Crippen molar-refractivity contribution >= 4 is 17.4 Å². The van der Waals surface area contributed by atoms with Crippen LogP contribution < -0.4 is 10.2 Å². The SMILES string of the molecule is COCCCNC(=O)CCc1nnc2ccc(N3CCC4(CC3)OCCO4)nn12. The van der Waals surface area contributed by atoms with Gasteiger partial charge in [0.25, 0.3) is 0 Å². The molecule has 4 rings (SSSR count). The fourth-order valence-corrected chi connectivity index (χ4v) is 3.77. The Morgan fingerprint density at radius 2 is 2.03 bits per heavy atom. The van der Waals surface area contributed by atoms with Crippen molar-refractivity contribution in [2.24, 2.45) is 0 Å². The maximum Gasteiger partial charge on any atom is 0.220 e. The molecule has 1 spiro atoms. The number of fused-ring (bicyclic) bond motifs is 1. The molecule has 10 heteroatoms. The van der Waals surface area contributed by atoms with Crippen LogP contribution in [0.4, 0.5) is 5.82 Å². The van der Waals surface area contributed by atoms with E-state index in [0.29, 0.717) is 50.7 Å². The van der Waals surface area contributed by atoms with Crippen molar-refractivity contribution in [1.82, 2.24) is 25.1 Å². The molecular weight excluding hydrogens is 376 g/mol. The first-order chi connectivity index (χ1) is 14.2. The van der Waals surface area contributed by atoms with Gasteiger partial charge >= 0.3 is 0 Å². The quantitative estimate of drug-likeness (QED) is 0.637. The summed E-state index contributed by atoms with van der Waals surface area (Å²) in [7, 11) is 1.65. The average molecular weight is 404 g/mol. The zero-order valence-electron chi connectivity index (χ0n) is 16.8. The Balaban J connectivity index is 1.36. The lowest BCUT2D eigenvalue weighted by molar-refractivity contribution is -0.169. The Morgan fingerprint density at radius 1 is 1.24 bits per heavy atom. The summed E-state index contributed by atoms with van der Waals surface area (Å²) in [5.41, 5.74) is 0.681. The Bertz CT molecular complexity index is 825. The molecule has 2 saturated heterocycles. The molecule has 0 bridgehead atoms. The van der Waals surface area contributed by atoms with E-state index in [2.05, 4.69) is 20.4 Å². The Morgan fingerprint density at radius 3 is 2.79 bits per heavy atom. The number of ether oxygens (including phenoxy) is 3. The van der Waals surface area contributed by atoms with Crippen molar-refractivity contribution in [3.63, 3.8) is 0 Å². The van der Waals surface area contributed by atoms with Gasteiger partial charge in [0, 0.05) is 59.0 Å². The van der Waals surface area contributed by atoms with Crippen LogP contribution in [0.25, 0.3) is 5.65 Å². The van der Waals surface area contributed by atoms with Gasteiger partial charge in [-0.15, -0.1) is 15.3 Å². The number of carbonyl (C=O) groups excluding carboxylic acids is 1. The standard InChI is InChI=1S/C19H28N6O4/c1-27-12-2-9-20-18(26)6-5-16-22-21-15-3-4-17(23-25(15)16)24-10-7-19(8-11-24)28-13-14-29-19/h3-4H,2,5-14H2,1H3,(H,20,26). The number of carbonyl (C=O) groups is 1. The molecule has 0 unspecified atom stereocenters. The molecule has 4 heterocycles. The van der Waals surface area contributed by atoms with Crippen LogP contribution in [0, 0.1) is 0 Å². The molecule has 0 radical (unpaired) electrons. The van der Waals surface area contributed by atoms with Crippen molar-refractivity contribution in [2.45, 2.75) is 37.9 Å². The minimum atomic E-state index is -0.404. The molecule has 10 nitrogen and oxygen atoms in total. The van der Waals surface area contributed by atoms with Crippen LogP contribution in [0.1, 0.15) is 31.5 Å². The van der Waals surface area contributed by atoms with E-state index in [1.165, 1.54) is 0 Å². The first-order valence-electron chi connectivity index (χ1n) is 10.2. The van der Waals surface area contributed by atoms with Crippen LogP contribution in [-0.2, 0) is 25.4 Å². The molecular formula is C19H28N6O4. The van der Waals surface area contributed by atoms with E-state index >= 15 is 0 Å². The van der Waals surface area contributed by atoms with Gasteiger partial charge in [0.05, 0.1) is 13.2 Å². The summed E-state index contributed by atoms with van der Waals surface area (Å²) in [6.45, 7) is 4.24. The smallest absolute Gasteiger partial charge is 0.220 e. The third kappa shape index (κ3) is 4.65. The molecule has 0 atom stereocenters. The molecule has 2 aromatic rings. The molecule has 1 N–H and O–H groups in total. The molecule has 1 amide bonds. The lowest BCUT2D eigenvalue weighted by atomic mass is 10.0. The fraction of sp³-hybridized carbons (Fsp3) is 0.684. The summed E-state index contributed by atoms with van der Waals surface area (Å²) in [5, 5.41) is 16.0. The van der Waals surface area contributed by atoms with Crippen molar-refractivity contribution in [1.29, 1.82) is 0 Å². The van der Waals surface area contributed by atoms with Gasteiger partial charge in [0.1, 0.15) is 5.82 Å². The van der Waals surface area contributed by atoms with Gasteiger partial charge in [0.15, 0.2) is 17.3 Å². The largest absolute Gasteiger partial charge is 0.385 e. The highest BCUT2D eigenvalue weighted by Crippen LogP contribution is 2.32. The fourth-order valence-electron chi connectivity index (χ4n) is 3.77. The lowest BCUT2D eigenvalue weighted by Gasteiger charge is -2.38. The molecule has 2 fully saturated rings. The molecule has 2 aromatic heterocycles. The summed E-state index contributed by atoms with van der Waals surface area (Å²) in [5.74, 6) is 1.14. The number of rotatable bonds is 8. The van der Waals surface area contributed by atoms with Crippen LogP contribution >= 0.6 is 0 Å². The number of aromatic nitrogens is 4. The van der Waals surface area contributed by atoms with Gasteiger partial charge in [-0.3, -0.25) is 4.79 Å². The van der Waals surface area contributed by atoms with Gasteiger partial charge in [-0.1, -0.05) is 0 Å². The van der Waals surface area contributed by atoms with Crippen LogP contribution in [0.2, 0.25) is 0 Å². The molecule has 2 aliphatic heterocycles. The Kier molecular flexibility index (Phi) is 6.22. The highest BCUT2D eigenvalue weighted by atomic mass is 16.7. The van der Waals surface area contributed by atoms with Crippen LogP contribution in [-0.4, -0.2) is 78.1 Å². The van der Waals surface area contributed by atoms with Crippen LogP contribution in [0.5, 0.6) is 0 Å². The zero-order chi connectivity index (χ0) is 20.1. The lowest BCUT2D eigenvalue weighted by Crippen LogP contribution is -2.45. The number of hydrogen-bond acceptors (Lipinski definition) is 8. The molecule has 158 valence electrons. The maximum atomic E-state index is 12.0. The topological polar surface area (TPSA) is 103 Å². The molecule has 0 aliphatic carbocycles. The number of hydrogen-bond donors (Lipinski definition) is 1. The normalized spacial score (nSPS) is 18.6. The number of aryl methyl sites for hydroxylation is 1. The summed E-state index contributed by atoms with van der Waals surface area (Å²) in [6.07, 6.45) is 3.28. The summed E-state index contributed by atoms with van der Waals surface area (Å²) >= 11 is 0. The number of piperidine rings is 1. The number of amides is 1. The van der Waals surface area contributed by atoms with Crippen molar-refractivity contribution in [2.75, 3.05) is 51.5 Å².